The van der Waals surface area contributed by atoms with Gasteiger partial charge in [-0.15, -0.1) is 0 Å². The second kappa shape index (κ2) is 34.0. The van der Waals surface area contributed by atoms with E-state index in [1.54, 1.807) is 0 Å². The molecule has 1 aromatic rings. The van der Waals surface area contributed by atoms with Gasteiger partial charge < -0.3 is 4.90 Å². The van der Waals surface area contributed by atoms with E-state index in [9.17, 15) is 0 Å². The molecule has 0 fully saturated rings. The third kappa shape index (κ3) is 26.5. The van der Waals surface area contributed by atoms with Gasteiger partial charge in [0.15, 0.2) is 0 Å². The summed E-state index contributed by atoms with van der Waals surface area (Å²) < 4.78 is 0. The maximum Gasteiger partial charge on any atom is 0.130 e. The lowest BCUT2D eigenvalue weighted by Crippen LogP contribution is -2.34. The Kier molecular flexibility index (Phi) is 31.6. The molecule has 0 aliphatic carbocycles. The zero-order chi connectivity index (χ0) is 32.3. The second-order valence-electron chi connectivity index (χ2n) is 14.1. The average Bonchev–Trinajstić information content (AvgIpc) is 3.06. The molecule has 2 nitrogen and oxygen atoms in total. The van der Waals surface area contributed by atoms with Crippen LogP contribution in [0.1, 0.15) is 219 Å². The molecule has 0 saturated carbocycles. The van der Waals surface area contributed by atoms with Crippen molar-refractivity contribution in [3.63, 3.8) is 0 Å². The summed E-state index contributed by atoms with van der Waals surface area (Å²) in [6.07, 6.45) is 41.8. The topological polar surface area (TPSA) is 15.6 Å². The Hall–Kier alpha value is -1.31. The minimum atomic E-state index is 0.979. The molecule has 0 heterocycles. The summed E-state index contributed by atoms with van der Waals surface area (Å²) >= 11 is 0. The fourth-order valence-electron chi connectivity index (χ4n) is 6.65. The Morgan fingerprint density at radius 1 is 0.400 bits per heavy atom. The van der Waals surface area contributed by atoms with Crippen LogP contribution in [0, 0.1) is 0 Å². The molecular weight excluding hydrogens is 544 g/mol. The Morgan fingerprint density at radius 3 is 1.07 bits per heavy atom. The lowest BCUT2D eigenvalue weighted by molar-refractivity contribution is 0.382. The van der Waals surface area contributed by atoms with Crippen molar-refractivity contribution < 1.29 is 0 Å². The molecule has 0 amide bonds. The Bertz CT molecular complexity index is 703. The van der Waals surface area contributed by atoms with E-state index in [2.05, 4.69) is 56.0 Å². The van der Waals surface area contributed by atoms with Gasteiger partial charge in [-0.25, -0.2) is 0 Å². The molecule has 0 atom stereocenters. The average molecular weight is 625 g/mol. The molecule has 0 radical (unpaired) electrons. The molecule has 0 N–H and O–H groups in total. The van der Waals surface area contributed by atoms with Crippen LogP contribution in [0.5, 0.6) is 0 Å². The van der Waals surface area contributed by atoms with Gasteiger partial charge >= 0.3 is 0 Å². The number of hydrogen-bond acceptors (Lipinski definition) is 1. The van der Waals surface area contributed by atoms with E-state index < -0.39 is 0 Å². The van der Waals surface area contributed by atoms with E-state index in [0.29, 0.717) is 0 Å². The molecule has 2 heteroatoms. The van der Waals surface area contributed by atoms with Crippen molar-refractivity contribution in [2.45, 2.75) is 213 Å². The Balaban J connectivity index is 2.56. The number of hydrogen-bond donors (Lipinski definition) is 0. The van der Waals surface area contributed by atoms with Crippen LogP contribution >= 0.6 is 0 Å². The van der Waals surface area contributed by atoms with Crippen LogP contribution in [0.4, 0.5) is 0 Å². The minimum absolute atomic E-state index is 0.979. The SMILES string of the molecule is CCCCCCCCCCCCN=C(c1ccccc1)N(CCCCCCCCCCCC)CCCCCCCCCCCC. The molecule has 0 saturated heterocycles. The summed E-state index contributed by atoms with van der Waals surface area (Å²) in [5, 5.41) is 0. The third-order valence-corrected chi connectivity index (χ3v) is 9.67. The summed E-state index contributed by atoms with van der Waals surface area (Å²) in [7, 11) is 0. The van der Waals surface area contributed by atoms with Crippen molar-refractivity contribution >= 4 is 5.84 Å². The van der Waals surface area contributed by atoms with Crippen LogP contribution in [0.15, 0.2) is 35.3 Å². The molecular formula is C43H80N2. The maximum atomic E-state index is 5.33. The van der Waals surface area contributed by atoms with Crippen LogP contribution in [0.25, 0.3) is 0 Å². The molecule has 1 aromatic carbocycles. The molecule has 0 bridgehead atoms. The summed E-state index contributed by atoms with van der Waals surface area (Å²) in [6.45, 7) is 10.2. The highest BCUT2D eigenvalue weighted by molar-refractivity contribution is 5.98. The van der Waals surface area contributed by atoms with Gasteiger partial charge in [-0.05, 0) is 19.3 Å². The zero-order valence-electron chi connectivity index (χ0n) is 31.1. The van der Waals surface area contributed by atoms with Gasteiger partial charge in [0.2, 0.25) is 0 Å². The highest BCUT2D eigenvalue weighted by Crippen LogP contribution is 2.16. The largest absolute Gasteiger partial charge is 0.356 e. The van der Waals surface area contributed by atoms with Gasteiger partial charge in [0.25, 0.3) is 0 Å². The first-order valence-corrected chi connectivity index (χ1v) is 20.7. The van der Waals surface area contributed by atoms with Crippen LogP contribution in [0.3, 0.4) is 0 Å². The molecule has 0 aliphatic heterocycles. The Labute approximate surface area is 284 Å². The lowest BCUT2D eigenvalue weighted by Gasteiger charge is -2.27. The van der Waals surface area contributed by atoms with E-state index in [1.807, 2.05) is 0 Å². The van der Waals surface area contributed by atoms with Crippen LogP contribution < -0.4 is 0 Å². The normalized spacial score (nSPS) is 11.8. The third-order valence-electron chi connectivity index (χ3n) is 9.67. The molecule has 1 rings (SSSR count). The predicted octanol–water partition coefficient (Wildman–Crippen LogP) is 14.5. The Morgan fingerprint density at radius 2 is 0.711 bits per heavy atom. The minimum Gasteiger partial charge on any atom is -0.356 e. The van der Waals surface area contributed by atoms with E-state index in [1.165, 1.54) is 217 Å². The van der Waals surface area contributed by atoms with Crippen LogP contribution in [-0.2, 0) is 0 Å². The highest BCUT2D eigenvalue weighted by atomic mass is 15.2. The number of aliphatic imine (C=N–C) groups is 1. The molecule has 0 spiro atoms. The molecule has 262 valence electrons. The molecule has 0 aliphatic rings. The lowest BCUT2D eigenvalue weighted by atomic mass is 10.1. The quantitative estimate of drug-likeness (QED) is 0.0423. The fraction of sp³-hybridized carbons (Fsp3) is 0.837. The van der Waals surface area contributed by atoms with Crippen molar-refractivity contribution in [1.82, 2.24) is 4.90 Å². The van der Waals surface area contributed by atoms with Crippen molar-refractivity contribution in [2.75, 3.05) is 19.6 Å². The number of rotatable bonds is 34. The standard InChI is InChI=1S/C43H80N2/c1-4-7-10-13-16-19-22-25-28-34-39-44-43(42-37-32-31-33-38-42)45(40-35-29-26-23-20-17-14-11-8-5-2)41-36-30-27-24-21-18-15-12-9-6-3/h31-33,37-38H,4-30,34-36,39-41H2,1-3H3. The first kappa shape index (κ1) is 41.7. The van der Waals surface area contributed by atoms with Crippen LogP contribution in [-0.4, -0.2) is 30.4 Å². The monoisotopic (exact) mass is 625 g/mol. The van der Waals surface area contributed by atoms with Gasteiger partial charge in [0.05, 0.1) is 0 Å². The highest BCUT2D eigenvalue weighted by Gasteiger charge is 2.13. The van der Waals surface area contributed by atoms with Crippen molar-refractivity contribution in [1.29, 1.82) is 0 Å². The van der Waals surface area contributed by atoms with Gasteiger partial charge in [0.1, 0.15) is 5.84 Å². The summed E-state index contributed by atoms with van der Waals surface area (Å²) in [4.78, 5) is 8.01. The van der Waals surface area contributed by atoms with Gasteiger partial charge in [0, 0.05) is 25.2 Å². The van der Waals surface area contributed by atoms with Gasteiger partial charge in [-0.3, -0.25) is 4.99 Å². The molecule has 45 heavy (non-hydrogen) atoms. The van der Waals surface area contributed by atoms with Gasteiger partial charge in [-0.1, -0.05) is 224 Å². The number of unbranched alkanes of at least 4 members (excludes halogenated alkanes) is 27. The van der Waals surface area contributed by atoms with Crippen molar-refractivity contribution in [3.05, 3.63) is 35.9 Å². The van der Waals surface area contributed by atoms with Crippen LogP contribution in [0.2, 0.25) is 0 Å². The zero-order valence-corrected chi connectivity index (χ0v) is 31.1. The second-order valence-corrected chi connectivity index (χ2v) is 14.1. The fourth-order valence-corrected chi connectivity index (χ4v) is 6.65. The van der Waals surface area contributed by atoms with E-state index >= 15 is 0 Å². The summed E-state index contributed by atoms with van der Waals surface area (Å²) in [5.41, 5.74) is 1.32. The number of amidine groups is 1. The maximum absolute atomic E-state index is 5.33. The summed E-state index contributed by atoms with van der Waals surface area (Å²) in [5.74, 6) is 1.28. The van der Waals surface area contributed by atoms with E-state index in [-0.39, 0.29) is 0 Å². The smallest absolute Gasteiger partial charge is 0.130 e. The predicted molar refractivity (Wildman–Crippen MR) is 205 cm³/mol. The first-order valence-electron chi connectivity index (χ1n) is 20.7. The van der Waals surface area contributed by atoms with E-state index in [0.717, 1.165) is 6.54 Å². The number of benzene rings is 1. The van der Waals surface area contributed by atoms with Crippen molar-refractivity contribution in [3.8, 4) is 0 Å². The van der Waals surface area contributed by atoms with Crippen molar-refractivity contribution in [2.24, 2.45) is 4.99 Å². The molecule has 0 unspecified atom stereocenters. The van der Waals surface area contributed by atoms with E-state index in [4.69, 9.17) is 4.99 Å². The summed E-state index contributed by atoms with van der Waals surface area (Å²) in [6, 6.07) is 11.1. The number of nitrogens with zero attached hydrogens (tertiary/aromatic N) is 2. The van der Waals surface area contributed by atoms with Gasteiger partial charge in [-0.2, -0.15) is 0 Å². The molecule has 0 aromatic heterocycles. The first-order chi connectivity index (χ1) is 22.3.